The quantitative estimate of drug-likeness (QED) is 0.457. The zero-order valence-electron chi connectivity index (χ0n) is 12.4. The standard InChI is InChI=1S/C20H15INP/c21-20(16-22)23(17-10-4-1-5-11-17,18-12-6-2-7-13-18)19-14-8-3-9-15-19/h1-15H. The Balaban J connectivity index is 2.50. The molecule has 1 nitrogen and oxygen atoms in total. The summed E-state index contributed by atoms with van der Waals surface area (Å²) in [5, 5.41) is 13.4. The number of halogens is 1. The monoisotopic (exact) mass is 427 g/mol. The summed E-state index contributed by atoms with van der Waals surface area (Å²) >= 11 is 2.24. The minimum Gasteiger partial charge on any atom is -0.192 e. The van der Waals surface area contributed by atoms with Crippen molar-refractivity contribution in [2.24, 2.45) is 0 Å². The minimum atomic E-state index is -2.10. The average Bonchev–Trinajstić information content (AvgIpc) is 2.65. The number of nitriles is 1. The molecular weight excluding hydrogens is 412 g/mol. The van der Waals surface area contributed by atoms with E-state index in [2.05, 4.69) is 101 Å². The van der Waals surface area contributed by atoms with Gasteiger partial charge < -0.3 is 0 Å². The van der Waals surface area contributed by atoms with E-state index in [1.165, 1.54) is 15.9 Å². The summed E-state index contributed by atoms with van der Waals surface area (Å²) in [4.78, 5) is 0. The maximum absolute atomic E-state index is 9.79. The molecule has 0 N–H and O–H groups in total. The largest absolute Gasteiger partial charge is 0.192 e. The molecule has 0 aliphatic carbocycles. The Bertz CT molecular complexity index is 778. The molecule has 0 amide bonds. The fraction of sp³-hybridized carbons (Fsp3) is 0. The minimum absolute atomic E-state index is 0.846. The molecular formula is C20H15INP. The van der Waals surface area contributed by atoms with Crippen LogP contribution in [0.2, 0.25) is 0 Å². The van der Waals surface area contributed by atoms with E-state index in [-0.39, 0.29) is 0 Å². The van der Waals surface area contributed by atoms with E-state index >= 15 is 0 Å². The van der Waals surface area contributed by atoms with Crippen molar-refractivity contribution >= 4 is 48.7 Å². The molecule has 0 aromatic heterocycles. The summed E-state index contributed by atoms with van der Waals surface area (Å²) in [7, 11) is 0. The highest BCUT2D eigenvalue weighted by molar-refractivity contribution is 14.1. The normalized spacial score (nSPS) is 10.8. The van der Waals surface area contributed by atoms with Crippen LogP contribution in [0.25, 0.3) is 0 Å². The first-order valence-electron chi connectivity index (χ1n) is 7.29. The van der Waals surface area contributed by atoms with Gasteiger partial charge in [0.1, 0.15) is 6.07 Å². The van der Waals surface area contributed by atoms with E-state index in [0.717, 1.165) is 3.30 Å². The Morgan fingerprint density at radius 2 is 0.957 bits per heavy atom. The van der Waals surface area contributed by atoms with Crippen LogP contribution in [0.15, 0.2) is 91.0 Å². The number of nitrogens with zero attached hydrogens (tertiary/aromatic N) is 1. The highest BCUT2D eigenvalue weighted by Gasteiger charge is 2.28. The summed E-state index contributed by atoms with van der Waals surface area (Å²) in [6.07, 6.45) is 0. The lowest BCUT2D eigenvalue weighted by Gasteiger charge is -2.28. The van der Waals surface area contributed by atoms with E-state index in [1.54, 1.807) is 0 Å². The van der Waals surface area contributed by atoms with E-state index < -0.39 is 6.89 Å². The third kappa shape index (κ3) is 2.87. The van der Waals surface area contributed by atoms with Gasteiger partial charge in [0, 0.05) is 6.89 Å². The van der Waals surface area contributed by atoms with Gasteiger partial charge in [-0.3, -0.25) is 0 Å². The molecule has 3 aromatic carbocycles. The van der Waals surface area contributed by atoms with E-state index in [0.29, 0.717) is 0 Å². The number of hydrogen-bond donors (Lipinski definition) is 0. The molecule has 0 aliphatic rings. The molecule has 0 saturated carbocycles. The van der Waals surface area contributed by atoms with Crippen LogP contribution in [-0.4, -0.2) is 3.30 Å². The lowest BCUT2D eigenvalue weighted by Crippen LogP contribution is -2.28. The van der Waals surface area contributed by atoms with Gasteiger partial charge in [0.25, 0.3) is 0 Å². The van der Waals surface area contributed by atoms with E-state index in [9.17, 15) is 5.26 Å². The van der Waals surface area contributed by atoms with Crippen LogP contribution in [0.5, 0.6) is 0 Å². The number of rotatable bonds is 3. The predicted molar refractivity (Wildman–Crippen MR) is 110 cm³/mol. The molecule has 0 radical (unpaired) electrons. The predicted octanol–water partition coefficient (Wildman–Crippen LogP) is 4.07. The Labute approximate surface area is 150 Å². The average molecular weight is 427 g/mol. The second-order valence-electron chi connectivity index (χ2n) is 5.08. The van der Waals surface area contributed by atoms with Gasteiger partial charge in [-0.05, 0) is 38.5 Å². The molecule has 0 heterocycles. The summed E-state index contributed by atoms with van der Waals surface area (Å²) in [5.74, 6) is 0. The van der Waals surface area contributed by atoms with Gasteiger partial charge in [-0.25, -0.2) is 0 Å². The summed E-state index contributed by atoms with van der Waals surface area (Å²) in [5.41, 5.74) is 0. The third-order valence-corrected chi connectivity index (χ3v) is 10.1. The zero-order valence-corrected chi connectivity index (χ0v) is 15.5. The summed E-state index contributed by atoms with van der Waals surface area (Å²) in [6, 6.07) is 33.7. The highest BCUT2D eigenvalue weighted by Crippen LogP contribution is 2.47. The molecule has 0 atom stereocenters. The van der Waals surface area contributed by atoms with E-state index in [4.69, 9.17) is 0 Å². The van der Waals surface area contributed by atoms with Crippen molar-refractivity contribution in [3.63, 3.8) is 0 Å². The zero-order chi connectivity index (χ0) is 16.1. The molecule has 0 unspecified atom stereocenters. The summed E-state index contributed by atoms with van der Waals surface area (Å²) in [6.45, 7) is -2.10. The maximum atomic E-state index is 9.79. The highest BCUT2D eigenvalue weighted by atomic mass is 127. The molecule has 0 saturated heterocycles. The van der Waals surface area contributed by atoms with Crippen molar-refractivity contribution in [1.82, 2.24) is 0 Å². The molecule has 0 spiro atoms. The topological polar surface area (TPSA) is 23.8 Å². The van der Waals surface area contributed by atoms with E-state index in [1.807, 2.05) is 18.2 Å². The Morgan fingerprint density at radius 1 is 0.652 bits per heavy atom. The van der Waals surface area contributed by atoms with Crippen molar-refractivity contribution < 1.29 is 0 Å². The van der Waals surface area contributed by atoms with Crippen LogP contribution >= 0.6 is 29.5 Å². The molecule has 3 rings (SSSR count). The van der Waals surface area contributed by atoms with Crippen molar-refractivity contribution in [2.75, 3.05) is 0 Å². The van der Waals surface area contributed by atoms with Gasteiger partial charge in [0.2, 0.25) is 0 Å². The van der Waals surface area contributed by atoms with Crippen molar-refractivity contribution in [3.8, 4) is 6.07 Å². The van der Waals surface area contributed by atoms with Gasteiger partial charge in [0.05, 0.1) is 3.30 Å². The van der Waals surface area contributed by atoms with Gasteiger partial charge in [-0.1, -0.05) is 91.0 Å². The fourth-order valence-electron chi connectivity index (χ4n) is 2.82. The summed E-state index contributed by atoms with van der Waals surface area (Å²) < 4.78 is 0.846. The number of benzene rings is 3. The molecule has 3 heteroatoms. The fourth-order valence-corrected chi connectivity index (χ4v) is 8.91. The van der Waals surface area contributed by atoms with Crippen LogP contribution in [0.4, 0.5) is 0 Å². The Hall–Kier alpha value is -1.82. The molecule has 0 aliphatic heterocycles. The first kappa shape index (κ1) is 16.1. The van der Waals surface area contributed by atoms with Gasteiger partial charge in [-0.2, -0.15) is 5.26 Å². The molecule has 112 valence electrons. The van der Waals surface area contributed by atoms with Gasteiger partial charge in [0.15, 0.2) is 0 Å². The van der Waals surface area contributed by atoms with Crippen LogP contribution in [-0.2, 0) is 0 Å². The lowest BCUT2D eigenvalue weighted by molar-refractivity contribution is 1.56. The van der Waals surface area contributed by atoms with Crippen molar-refractivity contribution in [3.05, 3.63) is 91.0 Å². The van der Waals surface area contributed by atoms with Crippen LogP contribution in [0.1, 0.15) is 0 Å². The van der Waals surface area contributed by atoms with Gasteiger partial charge in [-0.15, -0.1) is 0 Å². The van der Waals surface area contributed by atoms with Crippen molar-refractivity contribution in [1.29, 1.82) is 5.26 Å². The second kappa shape index (κ2) is 7.17. The first-order valence-corrected chi connectivity index (χ1v) is 10.2. The molecule has 0 fully saturated rings. The van der Waals surface area contributed by atoms with Crippen molar-refractivity contribution in [2.45, 2.75) is 0 Å². The van der Waals surface area contributed by atoms with Gasteiger partial charge >= 0.3 is 0 Å². The SMILES string of the molecule is N#CC(I)=P(c1ccccc1)(c1ccccc1)c1ccccc1. The molecule has 3 aromatic rings. The first-order chi connectivity index (χ1) is 11.3. The maximum Gasteiger partial charge on any atom is 0.107 e. The molecule has 0 bridgehead atoms. The lowest BCUT2D eigenvalue weighted by atomic mass is 10.4. The second-order valence-corrected chi connectivity index (χ2v) is 10.4. The third-order valence-electron chi connectivity index (χ3n) is 3.82. The van der Waals surface area contributed by atoms with Crippen LogP contribution < -0.4 is 15.9 Å². The Kier molecular flexibility index (Phi) is 5.00. The Morgan fingerprint density at radius 3 is 1.22 bits per heavy atom. The van der Waals surface area contributed by atoms with Crippen LogP contribution in [0, 0.1) is 11.3 Å². The van der Waals surface area contributed by atoms with Crippen LogP contribution in [0.3, 0.4) is 0 Å². The smallest absolute Gasteiger partial charge is 0.107 e. The molecule has 23 heavy (non-hydrogen) atoms. The number of hydrogen-bond acceptors (Lipinski definition) is 1.